The Morgan fingerprint density at radius 3 is 2.27 bits per heavy atom. The zero-order valence-electron chi connectivity index (χ0n) is 13.7. The lowest BCUT2D eigenvalue weighted by Gasteiger charge is -2.15. The molecule has 0 N–H and O–H groups in total. The number of hydrogen-bond acceptors (Lipinski definition) is 3. The van der Waals surface area contributed by atoms with Crippen molar-refractivity contribution in [1.82, 2.24) is 0 Å². The van der Waals surface area contributed by atoms with Crippen molar-refractivity contribution < 1.29 is 14.3 Å². The predicted molar refractivity (Wildman–Crippen MR) is 89.2 cm³/mol. The maximum Gasteiger partial charge on any atom is 0.313 e. The van der Waals surface area contributed by atoms with Gasteiger partial charge in [0.25, 0.3) is 0 Å². The third-order valence-corrected chi connectivity index (χ3v) is 3.26. The predicted octanol–water partition coefficient (Wildman–Crippen LogP) is 4.22. The van der Waals surface area contributed by atoms with Crippen molar-refractivity contribution in [2.24, 2.45) is 0 Å². The van der Waals surface area contributed by atoms with Gasteiger partial charge in [-0.1, -0.05) is 56.3 Å². The Labute approximate surface area is 132 Å². The smallest absolute Gasteiger partial charge is 0.313 e. The van der Waals surface area contributed by atoms with E-state index >= 15 is 0 Å². The van der Waals surface area contributed by atoms with Crippen LogP contribution < -0.4 is 4.74 Å². The second-order valence-corrected chi connectivity index (χ2v) is 4.54. The summed E-state index contributed by atoms with van der Waals surface area (Å²) in [5.74, 6) is 0.270. The van der Waals surface area contributed by atoms with Crippen molar-refractivity contribution in [3.63, 3.8) is 0 Å². The van der Waals surface area contributed by atoms with E-state index < -0.39 is 0 Å². The minimum atomic E-state index is -0.298. The first-order valence-corrected chi connectivity index (χ1v) is 7.50. The first kappa shape index (κ1) is 17.8. The van der Waals surface area contributed by atoms with E-state index in [0.29, 0.717) is 6.42 Å². The van der Waals surface area contributed by atoms with Gasteiger partial charge in [-0.2, -0.15) is 0 Å². The number of rotatable bonds is 5. The Morgan fingerprint density at radius 2 is 1.68 bits per heavy atom. The molecule has 0 aromatic heterocycles. The van der Waals surface area contributed by atoms with Gasteiger partial charge in [0.05, 0.1) is 20.1 Å². The van der Waals surface area contributed by atoms with Gasteiger partial charge in [0.2, 0.25) is 0 Å². The van der Waals surface area contributed by atoms with Crippen LogP contribution in [0.4, 0.5) is 0 Å². The van der Waals surface area contributed by atoms with E-state index in [4.69, 9.17) is 9.47 Å². The summed E-state index contributed by atoms with van der Waals surface area (Å²) in [5, 5.41) is 0. The highest BCUT2D eigenvalue weighted by atomic mass is 16.5. The lowest BCUT2D eigenvalue weighted by atomic mass is 9.92. The largest absolute Gasteiger partial charge is 0.497 e. The average Bonchev–Trinajstić information content (AvgIpc) is 2.61. The van der Waals surface area contributed by atoms with Gasteiger partial charge in [0, 0.05) is 0 Å². The highest BCUT2D eigenvalue weighted by molar-refractivity contribution is 5.78. The lowest BCUT2D eigenvalue weighted by Crippen LogP contribution is -2.16. The van der Waals surface area contributed by atoms with Crippen LogP contribution in [0.5, 0.6) is 5.75 Å². The maximum absolute atomic E-state index is 12.0. The highest BCUT2D eigenvalue weighted by Gasteiger charge is 2.21. The summed E-state index contributed by atoms with van der Waals surface area (Å²) in [5.41, 5.74) is 2.01. The molecule has 0 spiro atoms. The highest BCUT2D eigenvalue weighted by Crippen LogP contribution is 2.24. The zero-order chi connectivity index (χ0) is 16.4. The Bertz CT molecular complexity index is 564. The minimum absolute atomic E-state index is 0.223. The van der Waals surface area contributed by atoms with Crippen LogP contribution >= 0.6 is 0 Å². The van der Waals surface area contributed by atoms with E-state index in [1.165, 1.54) is 7.11 Å². The van der Waals surface area contributed by atoms with E-state index in [0.717, 1.165) is 16.9 Å². The maximum atomic E-state index is 12.0. The molecule has 22 heavy (non-hydrogen) atoms. The summed E-state index contributed by atoms with van der Waals surface area (Å²) >= 11 is 0. The second-order valence-electron chi connectivity index (χ2n) is 4.54. The molecule has 0 saturated heterocycles. The molecule has 0 aliphatic rings. The van der Waals surface area contributed by atoms with Crippen LogP contribution in [0.3, 0.4) is 0 Å². The normalized spacial score (nSPS) is 10.9. The zero-order valence-corrected chi connectivity index (χ0v) is 13.7. The van der Waals surface area contributed by atoms with Gasteiger partial charge in [-0.15, -0.1) is 0 Å². The Morgan fingerprint density at radius 1 is 1.00 bits per heavy atom. The standard InChI is InChI=1S/C17H18O3.C2H6/c1-19-15-10-6-7-13(11-15)12-16(17(18)20-2)14-8-4-3-5-9-14;1-2/h3-11,16H,12H2,1-2H3;1-2H3. The molecule has 0 radical (unpaired) electrons. The number of benzene rings is 2. The fraction of sp³-hybridized carbons (Fsp3) is 0.316. The Balaban J connectivity index is 0.00000116. The van der Waals surface area contributed by atoms with Crippen LogP contribution in [-0.4, -0.2) is 20.2 Å². The summed E-state index contributed by atoms with van der Waals surface area (Å²) in [6.07, 6.45) is 0.591. The fourth-order valence-corrected chi connectivity index (χ4v) is 2.20. The molecule has 2 rings (SSSR count). The summed E-state index contributed by atoms with van der Waals surface area (Å²) in [4.78, 5) is 12.0. The van der Waals surface area contributed by atoms with Crippen LogP contribution in [0.1, 0.15) is 30.9 Å². The van der Waals surface area contributed by atoms with Gasteiger partial charge in [-0.25, -0.2) is 0 Å². The van der Waals surface area contributed by atoms with Gasteiger partial charge in [-0.3, -0.25) is 4.79 Å². The molecule has 0 saturated carbocycles. The van der Waals surface area contributed by atoms with Gasteiger partial charge in [0.15, 0.2) is 0 Å². The van der Waals surface area contributed by atoms with Crippen LogP contribution in [0.2, 0.25) is 0 Å². The van der Waals surface area contributed by atoms with Crippen LogP contribution in [0, 0.1) is 0 Å². The van der Waals surface area contributed by atoms with Crippen molar-refractivity contribution in [1.29, 1.82) is 0 Å². The van der Waals surface area contributed by atoms with E-state index in [1.807, 2.05) is 68.4 Å². The molecule has 1 atom stereocenters. The van der Waals surface area contributed by atoms with E-state index in [1.54, 1.807) is 7.11 Å². The molecule has 1 unspecified atom stereocenters. The third kappa shape index (κ3) is 4.92. The van der Waals surface area contributed by atoms with Gasteiger partial charge < -0.3 is 9.47 Å². The molecular formula is C19H24O3. The van der Waals surface area contributed by atoms with Crippen molar-refractivity contribution >= 4 is 5.97 Å². The number of carbonyl (C=O) groups is 1. The van der Waals surface area contributed by atoms with Crippen LogP contribution in [0.15, 0.2) is 54.6 Å². The summed E-state index contributed by atoms with van der Waals surface area (Å²) in [7, 11) is 3.05. The molecule has 3 nitrogen and oxygen atoms in total. The molecule has 0 bridgehead atoms. The molecule has 0 amide bonds. The number of methoxy groups -OCH3 is 2. The molecule has 3 heteroatoms. The number of carbonyl (C=O) groups excluding carboxylic acids is 1. The van der Waals surface area contributed by atoms with E-state index in [2.05, 4.69) is 0 Å². The van der Waals surface area contributed by atoms with E-state index in [-0.39, 0.29) is 11.9 Å². The third-order valence-electron chi connectivity index (χ3n) is 3.26. The van der Waals surface area contributed by atoms with Gasteiger partial charge in [0.1, 0.15) is 5.75 Å². The molecule has 118 valence electrons. The number of hydrogen-bond donors (Lipinski definition) is 0. The summed E-state index contributed by atoms with van der Waals surface area (Å²) < 4.78 is 10.1. The van der Waals surface area contributed by atoms with Crippen molar-refractivity contribution in [3.05, 3.63) is 65.7 Å². The first-order valence-electron chi connectivity index (χ1n) is 7.50. The summed E-state index contributed by atoms with van der Waals surface area (Å²) in [6, 6.07) is 17.4. The van der Waals surface area contributed by atoms with Crippen molar-refractivity contribution in [2.75, 3.05) is 14.2 Å². The van der Waals surface area contributed by atoms with Crippen molar-refractivity contribution in [2.45, 2.75) is 26.2 Å². The molecule has 2 aromatic carbocycles. The number of ether oxygens (including phenoxy) is 2. The SMILES string of the molecule is CC.COC(=O)C(Cc1cccc(OC)c1)c1ccccc1. The van der Waals surface area contributed by atoms with E-state index in [9.17, 15) is 4.79 Å². The molecule has 0 aliphatic carbocycles. The lowest BCUT2D eigenvalue weighted by molar-refractivity contribution is -0.142. The van der Waals surface area contributed by atoms with Gasteiger partial charge >= 0.3 is 5.97 Å². The van der Waals surface area contributed by atoms with Gasteiger partial charge in [-0.05, 0) is 29.7 Å². The molecule has 0 fully saturated rings. The monoisotopic (exact) mass is 300 g/mol. The molecule has 2 aromatic rings. The quantitative estimate of drug-likeness (QED) is 0.776. The Kier molecular flexibility index (Phi) is 7.76. The number of esters is 1. The second kappa shape index (κ2) is 9.61. The molecular weight excluding hydrogens is 276 g/mol. The fourth-order valence-electron chi connectivity index (χ4n) is 2.20. The van der Waals surface area contributed by atoms with Crippen molar-refractivity contribution in [3.8, 4) is 5.75 Å². The van der Waals surface area contributed by atoms with Crippen LogP contribution in [-0.2, 0) is 16.0 Å². The first-order chi connectivity index (χ1) is 10.7. The molecule has 0 heterocycles. The molecule has 0 aliphatic heterocycles. The van der Waals surface area contributed by atoms with Crippen LogP contribution in [0.25, 0.3) is 0 Å². The summed E-state index contributed by atoms with van der Waals surface area (Å²) in [6.45, 7) is 4.00. The minimum Gasteiger partial charge on any atom is -0.497 e. The Hall–Kier alpha value is -2.29. The average molecular weight is 300 g/mol. The topological polar surface area (TPSA) is 35.5 Å².